The number of nitrogens with zero attached hydrogens (tertiary/aromatic N) is 2. The van der Waals surface area contributed by atoms with E-state index in [0.717, 1.165) is 83.3 Å². The van der Waals surface area contributed by atoms with E-state index in [-0.39, 0.29) is 5.60 Å². The summed E-state index contributed by atoms with van der Waals surface area (Å²) in [6.07, 6.45) is -6.75. The van der Waals surface area contributed by atoms with E-state index in [4.69, 9.17) is 34.0 Å². The van der Waals surface area contributed by atoms with Crippen LogP contribution < -0.4 is 0 Å². The Labute approximate surface area is 221 Å². The molecule has 9 nitrogen and oxygen atoms in total. The molecule has 4 heterocycles. The van der Waals surface area contributed by atoms with E-state index in [0.29, 0.717) is 11.8 Å². The van der Waals surface area contributed by atoms with E-state index >= 15 is 0 Å². The van der Waals surface area contributed by atoms with E-state index < -0.39 is 24.3 Å². The van der Waals surface area contributed by atoms with Crippen molar-refractivity contribution < 1.29 is 60.4 Å². The normalized spacial score (nSPS) is 21.3. The number of carboxylic acids is 2. The van der Waals surface area contributed by atoms with Gasteiger partial charge in [-0.1, -0.05) is 6.07 Å². The average molecular weight is 575 g/mol. The molecule has 3 aliphatic heterocycles. The Morgan fingerprint density at radius 2 is 1.56 bits per heavy atom. The third kappa shape index (κ3) is 10.9. The number of carbonyl (C=O) groups is 2. The van der Waals surface area contributed by atoms with Crippen LogP contribution >= 0.6 is 0 Å². The number of pyridine rings is 1. The molecule has 1 aromatic rings. The fraction of sp³-hybridized carbons (Fsp3) is 0.708. The Bertz CT molecular complexity index is 908. The number of aromatic nitrogens is 1. The number of hydrogen-bond donors (Lipinski definition) is 2. The summed E-state index contributed by atoms with van der Waals surface area (Å²) in [5.74, 6) is -4.30. The smallest absolute Gasteiger partial charge is 0.475 e. The van der Waals surface area contributed by atoms with E-state index in [9.17, 15) is 26.3 Å². The van der Waals surface area contributed by atoms with Gasteiger partial charge in [0.2, 0.25) is 0 Å². The standard InChI is InChI=1S/C20H30N2O3.2C2HF3O2/c1-16-3-2-4-19(21-16)11-22-14-20(15-22)18(7-10-25-20)13-24-12-17-5-8-23-9-6-17;2*3-2(4,5)1(6)7/h2-4,17-18H,5-15H2,1H3;2*(H,6,7). The minimum absolute atomic E-state index is 0.0273. The van der Waals surface area contributed by atoms with Crippen LogP contribution in [0.3, 0.4) is 0 Å². The summed E-state index contributed by atoms with van der Waals surface area (Å²) >= 11 is 0. The molecule has 1 unspecified atom stereocenters. The van der Waals surface area contributed by atoms with Crippen molar-refractivity contribution in [2.45, 2.75) is 50.7 Å². The highest BCUT2D eigenvalue weighted by Crippen LogP contribution is 2.40. The van der Waals surface area contributed by atoms with Gasteiger partial charge in [-0.05, 0) is 44.2 Å². The molecule has 222 valence electrons. The van der Waals surface area contributed by atoms with Crippen molar-refractivity contribution in [1.29, 1.82) is 0 Å². The summed E-state index contributed by atoms with van der Waals surface area (Å²) in [4.78, 5) is 24.8. The van der Waals surface area contributed by atoms with Crippen molar-refractivity contribution >= 4 is 11.9 Å². The summed E-state index contributed by atoms with van der Waals surface area (Å²) in [7, 11) is 0. The van der Waals surface area contributed by atoms with Crippen molar-refractivity contribution in [1.82, 2.24) is 9.88 Å². The zero-order valence-corrected chi connectivity index (χ0v) is 21.3. The summed E-state index contributed by atoms with van der Waals surface area (Å²) in [5, 5.41) is 14.2. The molecule has 1 atom stereocenters. The van der Waals surface area contributed by atoms with Crippen LogP contribution in [0.15, 0.2) is 18.2 Å². The molecule has 0 aliphatic carbocycles. The van der Waals surface area contributed by atoms with Crippen molar-refractivity contribution in [3.63, 3.8) is 0 Å². The molecule has 0 saturated carbocycles. The van der Waals surface area contributed by atoms with Crippen LogP contribution in [0.5, 0.6) is 0 Å². The molecular weight excluding hydrogens is 542 g/mol. The van der Waals surface area contributed by atoms with Crippen molar-refractivity contribution in [2.75, 3.05) is 46.1 Å². The van der Waals surface area contributed by atoms with Crippen LogP contribution in [0, 0.1) is 18.8 Å². The lowest BCUT2D eigenvalue weighted by atomic mass is 9.81. The number of carboxylic acid groups (broad SMARTS) is 2. The fourth-order valence-corrected chi connectivity index (χ4v) is 4.40. The van der Waals surface area contributed by atoms with Crippen LogP contribution in [-0.4, -0.2) is 96.1 Å². The maximum atomic E-state index is 10.6. The molecule has 4 rings (SSSR count). The lowest BCUT2D eigenvalue weighted by Crippen LogP contribution is -2.64. The lowest BCUT2D eigenvalue weighted by molar-refractivity contribution is -0.193. The Balaban J connectivity index is 0.000000317. The summed E-state index contributed by atoms with van der Waals surface area (Å²) in [6.45, 7) is 9.37. The fourth-order valence-electron chi connectivity index (χ4n) is 4.40. The lowest BCUT2D eigenvalue weighted by Gasteiger charge is -2.50. The second kappa shape index (κ2) is 14.2. The monoisotopic (exact) mass is 574 g/mol. The van der Waals surface area contributed by atoms with E-state index in [1.54, 1.807) is 0 Å². The number of halogens is 6. The van der Waals surface area contributed by atoms with Gasteiger partial charge in [0.25, 0.3) is 0 Å². The molecule has 0 aromatic carbocycles. The Morgan fingerprint density at radius 3 is 2.08 bits per heavy atom. The summed E-state index contributed by atoms with van der Waals surface area (Å²) in [6, 6.07) is 6.25. The first-order chi connectivity index (χ1) is 18.1. The predicted octanol–water partition coefficient (Wildman–Crippen LogP) is 3.69. The molecule has 3 fully saturated rings. The molecular formula is C24H32F6N2O7. The number of aryl methyl sites for hydroxylation is 1. The molecule has 2 N–H and O–H groups in total. The predicted molar refractivity (Wildman–Crippen MR) is 123 cm³/mol. The number of aliphatic carboxylic acids is 2. The molecule has 1 spiro atoms. The van der Waals surface area contributed by atoms with Gasteiger partial charge in [-0.2, -0.15) is 26.3 Å². The molecule has 0 bridgehead atoms. The maximum Gasteiger partial charge on any atom is 0.490 e. The highest BCUT2D eigenvalue weighted by atomic mass is 19.4. The quantitative estimate of drug-likeness (QED) is 0.491. The minimum Gasteiger partial charge on any atom is -0.475 e. The van der Waals surface area contributed by atoms with E-state index in [1.165, 1.54) is 0 Å². The summed E-state index contributed by atoms with van der Waals surface area (Å²) < 4.78 is 81.1. The maximum absolute atomic E-state index is 10.6. The van der Waals surface area contributed by atoms with Gasteiger partial charge in [-0.25, -0.2) is 9.59 Å². The Kier molecular flexibility index (Phi) is 11.9. The van der Waals surface area contributed by atoms with Crippen molar-refractivity contribution in [3.05, 3.63) is 29.6 Å². The first kappa shape index (κ1) is 32.7. The number of alkyl halides is 6. The summed E-state index contributed by atoms with van der Waals surface area (Å²) in [5.41, 5.74) is 2.27. The largest absolute Gasteiger partial charge is 0.490 e. The molecule has 3 aliphatic rings. The molecule has 39 heavy (non-hydrogen) atoms. The van der Waals surface area contributed by atoms with Gasteiger partial charge in [-0.15, -0.1) is 0 Å². The van der Waals surface area contributed by atoms with Gasteiger partial charge in [-0.3, -0.25) is 9.88 Å². The third-order valence-electron chi connectivity index (χ3n) is 6.41. The van der Waals surface area contributed by atoms with E-state index in [1.807, 2.05) is 13.0 Å². The number of hydrogen-bond acceptors (Lipinski definition) is 7. The highest BCUT2D eigenvalue weighted by Gasteiger charge is 2.52. The van der Waals surface area contributed by atoms with Gasteiger partial charge in [0.15, 0.2) is 0 Å². The van der Waals surface area contributed by atoms with Gasteiger partial charge in [0, 0.05) is 57.7 Å². The van der Waals surface area contributed by atoms with Crippen LogP contribution in [-0.2, 0) is 30.3 Å². The van der Waals surface area contributed by atoms with Gasteiger partial charge in [0.05, 0.1) is 17.9 Å². The topological polar surface area (TPSA) is 118 Å². The zero-order chi connectivity index (χ0) is 29.3. The van der Waals surface area contributed by atoms with Crippen molar-refractivity contribution in [3.8, 4) is 0 Å². The second-order valence-corrected chi connectivity index (χ2v) is 9.51. The number of ether oxygens (including phenoxy) is 3. The molecule has 0 radical (unpaired) electrons. The van der Waals surface area contributed by atoms with E-state index in [2.05, 4.69) is 22.0 Å². The number of likely N-dealkylation sites (tertiary alicyclic amines) is 1. The van der Waals surface area contributed by atoms with Gasteiger partial charge in [0.1, 0.15) is 0 Å². The number of rotatable bonds is 6. The van der Waals surface area contributed by atoms with Crippen LogP contribution in [0.2, 0.25) is 0 Å². The molecule has 0 amide bonds. The molecule has 3 saturated heterocycles. The Morgan fingerprint density at radius 1 is 1.00 bits per heavy atom. The first-order valence-corrected chi connectivity index (χ1v) is 12.2. The third-order valence-corrected chi connectivity index (χ3v) is 6.41. The second-order valence-electron chi connectivity index (χ2n) is 9.51. The average Bonchev–Trinajstić information content (AvgIpc) is 3.23. The van der Waals surface area contributed by atoms with Crippen LogP contribution in [0.4, 0.5) is 26.3 Å². The van der Waals surface area contributed by atoms with Crippen LogP contribution in [0.25, 0.3) is 0 Å². The van der Waals surface area contributed by atoms with Crippen molar-refractivity contribution in [2.24, 2.45) is 11.8 Å². The first-order valence-electron chi connectivity index (χ1n) is 12.2. The zero-order valence-electron chi connectivity index (χ0n) is 21.3. The molecule has 15 heteroatoms. The SMILES string of the molecule is Cc1cccc(CN2CC3(C2)OCCC3COCC2CCOCC2)n1.O=C(O)C(F)(F)F.O=C(O)C(F)(F)F. The Hall–Kier alpha value is -2.49. The highest BCUT2D eigenvalue weighted by molar-refractivity contribution is 5.73. The van der Waals surface area contributed by atoms with Crippen LogP contribution in [0.1, 0.15) is 30.7 Å². The minimum atomic E-state index is -5.08. The molecule has 1 aromatic heterocycles. The van der Waals surface area contributed by atoms with Gasteiger partial charge < -0.3 is 24.4 Å². The van der Waals surface area contributed by atoms with Gasteiger partial charge >= 0.3 is 24.3 Å².